The van der Waals surface area contributed by atoms with E-state index < -0.39 is 0 Å². The van der Waals surface area contributed by atoms with E-state index in [0.717, 1.165) is 39.1 Å². The van der Waals surface area contributed by atoms with Crippen molar-refractivity contribution >= 4 is 39.7 Å². The first kappa shape index (κ1) is 19.6. The van der Waals surface area contributed by atoms with Gasteiger partial charge in [-0.05, 0) is 54.7 Å². The molecule has 1 aromatic heterocycles. The van der Waals surface area contributed by atoms with Crippen LogP contribution in [0.5, 0.6) is 0 Å². The summed E-state index contributed by atoms with van der Waals surface area (Å²) in [6, 6.07) is 14.3. The fourth-order valence-corrected chi connectivity index (χ4v) is 4.44. The summed E-state index contributed by atoms with van der Waals surface area (Å²) in [5.74, 6) is 0.523. The van der Waals surface area contributed by atoms with Crippen molar-refractivity contribution in [1.82, 2.24) is 10.2 Å². The Morgan fingerprint density at radius 2 is 1.96 bits per heavy atom. The number of benzene rings is 2. The van der Waals surface area contributed by atoms with Crippen LogP contribution in [-0.4, -0.2) is 21.7 Å². The number of nitrogens with zero attached hydrogens (tertiary/aromatic N) is 2. The van der Waals surface area contributed by atoms with Gasteiger partial charge in [0.15, 0.2) is 10.1 Å². The lowest BCUT2D eigenvalue weighted by Gasteiger charge is -2.08. The summed E-state index contributed by atoms with van der Waals surface area (Å²) in [6.45, 7) is 6.24. The molecule has 0 bridgehead atoms. The second kappa shape index (κ2) is 9.15. The van der Waals surface area contributed by atoms with E-state index in [1.54, 1.807) is 0 Å². The second-order valence-electron chi connectivity index (χ2n) is 6.28. The molecule has 0 fully saturated rings. The molecule has 0 radical (unpaired) electrons. The molecule has 6 heteroatoms. The van der Waals surface area contributed by atoms with Gasteiger partial charge in [-0.2, -0.15) is 0 Å². The molecule has 0 saturated carbocycles. The maximum atomic E-state index is 12.7. The molecule has 3 rings (SSSR count). The standard InChI is InChI=1S/C21H23N3OS2/c1-4-15-9-10-16(5-2)18(12-15)19(25)13-26-21-24-23-20(27-21)22-17-8-6-7-14(3)11-17/h6-12H,4-5,13H2,1-3H3,(H,22,23). The van der Waals surface area contributed by atoms with E-state index in [1.165, 1.54) is 34.2 Å². The van der Waals surface area contributed by atoms with Gasteiger partial charge in [0.25, 0.3) is 0 Å². The summed E-state index contributed by atoms with van der Waals surface area (Å²) in [4.78, 5) is 12.7. The molecule has 0 aliphatic heterocycles. The molecular formula is C21H23N3OS2. The number of carbonyl (C=O) groups excluding carboxylic acids is 1. The normalized spacial score (nSPS) is 10.8. The number of aryl methyl sites for hydroxylation is 3. The smallest absolute Gasteiger partial charge is 0.210 e. The number of anilines is 2. The van der Waals surface area contributed by atoms with E-state index in [2.05, 4.69) is 60.6 Å². The highest BCUT2D eigenvalue weighted by atomic mass is 32.2. The van der Waals surface area contributed by atoms with E-state index in [-0.39, 0.29) is 5.78 Å². The third-order valence-corrected chi connectivity index (χ3v) is 6.24. The summed E-state index contributed by atoms with van der Waals surface area (Å²) in [5, 5.41) is 12.4. The second-order valence-corrected chi connectivity index (χ2v) is 8.48. The average Bonchev–Trinajstić information content (AvgIpc) is 3.12. The summed E-state index contributed by atoms with van der Waals surface area (Å²) in [7, 11) is 0. The topological polar surface area (TPSA) is 54.9 Å². The Kier molecular flexibility index (Phi) is 6.63. The SMILES string of the molecule is CCc1ccc(CC)c(C(=O)CSc2nnc(Nc3cccc(C)c3)s2)c1. The molecule has 0 amide bonds. The lowest BCUT2D eigenvalue weighted by atomic mass is 9.98. The number of aromatic nitrogens is 2. The molecular weight excluding hydrogens is 374 g/mol. The number of nitrogens with one attached hydrogen (secondary N) is 1. The fraction of sp³-hybridized carbons (Fsp3) is 0.286. The fourth-order valence-electron chi connectivity index (χ4n) is 2.78. The predicted molar refractivity (Wildman–Crippen MR) is 115 cm³/mol. The van der Waals surface area contributed by atoms with Gasteiger partial charge in [-0.1, -0.05) is 61.2 Å². The molecule has 1 heterocycles. The van der Waals surface area contributed by atoms with Crippen molar-refractivity contribution in [2.75, 3.05) is 11.1 Å². The van der Waals surface area contributed by atoms with Gasteiger partial charge in [-0.15, -0.1) is 10.2 Å². The highest BCUT2D eigenvalue weighted by Crippen LogP contribution is 2.29. The van der Waals surface area contributed by atoms with Crippen LogP contribution in [0.1, 0.15) is 40.9 Å². The lowest BCUT2D eigenvalue weighted by Crippen LogP contribution is -2.07. The van der Waals surface area contributed by atoms with Crippen molar-refractivity contribution in [2.24, 2.45) is 0 Å². The number of ketones is 1. The van der Waals surface area contributed by atoms with E-state index in [1.807, 2.05) is 18.2 Å². The molecule has 0 saturated heterocycles. The first-order chi connectivity index (χ1) is 13.1. The maximum absolute atomic E-state index is 12.7. The van der Waals surface area contributed by atoms with Gasteiger partial charge >= 0.3 is 0 Å². The Morgan fingerprint density at radius 3 is 2.70 bits per heavy atom. The highest BCUT2D eigenvalue weighted by Gasteiger charge is 2.14. The third-order valence-electron chi connectivity index (χ3n) is 4.27. The van der Waals surface area contributed by atoms with E-state index in [4.69, 9.17) is 0 Å². The highest BCUT2D eigenvalue weighted by molar-refractivity contribution is 8.01. The molecule has 0 spiro atoms. The largest absolute Gasteiger partial charge is 0.330 e. The number of hydrogen-bond acceptors (Lipinski definition) is 6. The van der Waals surface area contributed by atoms with E-state index in [0.29, 0.717) is 5.75 Å². The molecule has 4 nitrogen and oxygen atoms in total. The summed E-state index contributed by atoms with van der Waals surface area (Å²) in [5.41, 5.74) is 5.32. The van der Waals surface area contributed by atoms with Gasteiger partial charge in [0.05, 0.1) is 5.75 Å². The minimum Gasteiger partial charge on any atom is -0.330 e. The Hall–Kier alpha value is -2.18. The molecule has 1 N–H and O–H groups in total. The van der Waals surface area contributed by atoms with Crippen LogP contribution in [0.3, 0.4) is 0 Å². The minimum absolute atomic E-state index is 0.149. The van der Waals surface area contributed by atoms with Crippen LogP contribution in [0.15, 0.2) is 46.8 Å². The van der Waals surface area contributed by atoms with Crippen molar-refractivity contribution in [3.05, 3.63) is 64.7 Å². The zero-order chi connectivity index (χ0) is 19.2. The van der Waals surface area contributed by atoms with Gasteiger partial charge in [0.2, 0.25) is 5.13 Å². The Morgan fingerprint density at radius 1 is 1.11 bits per heavy atom. The molecule has 0 aliphatic carbocycles. The Labute approximate surface area is 168 Å². The molecule has 27 heavy (non-hydrogen) atoms. The van der Waals surface area contributed by atoms with Crippen molar-refractivity contribution in [3.63, 3.8) is 0 Å². The number of Topliss-reactive ketones (excluding diaryl/α,β-unsaturated/α-hetero) is 1. The molecule has 0 unspecified atom stereocenters. The van der Waals surface area contributed by atoms with Crippen molar-refractivity contribution in [1.29, 1.82) is 0 Å². The number of carbonyl (C=O) groups is 1. The number of hydrogen-bond donors (Lipinski definition) is 1. The van der Waals surface area contributed by atoms with Crippen molar-refractivity contribution < 1.29 is 4.79 Å². The molecule has 0 atom stereocenters. The first-order valence-corrected chi connectivity index (χ1v) is 10.8. The third kappa shape index (κ3) is 5.17. The Bertz CT molecular complexity index is 937. The van der Waals surface area contributed by atoms with Crippen LogP contribution in [0.25, 0.3) is 0 Å². The van der Waals surface area contributed by atoms with Crippen LogP contribution < -0.4 is 5.32 Å². The summed E-state index contributed by atoms with van der Waals surface area (Å²) >= 11 is 2.91. The van der Waals surface area contributed by atoms with Gasteiger partial charge in [-0.25, -0.2) is 0 Å². The van der Waals surface area contributed by atoms with E-state index in [9.17, 15) is 4.79 Å². The number of thioether (sulfide) groups is 1. The molecule has 3 aromatic rings. The summed E-state index contributed by atoms with van der Waals surface area (Å²) < 4.78 is 0.795. The van der Waals surface area contributed by atoms with E-state index >= 15 is 0 Å². The van der Waals surface area contributed by atoms with Crippen molar-refractivity contribution in [3.8, 4) is 0 Å². The predicted octanol–water partition coefficient (Wildman–Crippen LogP) is 5.69. The minimum atomic E-state index is 0.149. The van der Waals surface area contributed by atoms with Gasteiger partial charge in [-0.3, -0.25) is 4.79 Å². The van der Waals surface area contributed by atoms with Crippen LogP contribution in [0.2, 0.25) is 0 Å². The lowest BCUT2D eigenvalue weighted by molar-refractivity contribution is 0.102. The zero-order valence-electron chi connectivity index (χ0n) is 15.8. The van der Waals surface area contributed by atoms with Crippen molar-refractivity contribution in [2.45, 2.75) is 38.0 Å². The average molecular weight is 398 g/mol. The molecule has 2 aromatic carbocycles. The summed E-state index contributed by atoms with van der Waals surface area (Å²) in [6.07, 6.45) is 1.79. The monoisotopic (exact) mass is 397 g/mol. The van der Waals surface area contributed by atoms with Gasteiger partial charge in [0.1, 0.15) is 0 Å². The van der Waals surface area contributed by atoms with Crippen LogP contribution in [0, 0.1) is 6.92 Å². The quantitative estimate of drug-likeness (QED) is 0.391. The zero-order valence-corrected chi connectivity index (χ0v) is 17.4. The first-order valence-electron chi connectivity index (χ1n) is 9.04. The Balaban J connectivity index is 1.64. The molecule has 140 valence electrons. The van der Waals surface area contributed by atoms with Crippen LogP contribution >= 0.6 is 23.1 Å². The van der Waals surface area contributed by atoms with Crippen LogP contribution in [-0.2, 0) is 12.8 Å². The van der Waals surface area contributed by atoms with Gasteiger partial charge in [0, 0.05) is 11.3 Å². The van der Waals surface area contributed by atoms with Crippen LogP contribution in [0.4, 0.5) is 10.8 Å². The molecule has 0 aliphatic rings. The number of rotatable bonds is 8. The maximum Gasteiger partial charge on any atom is 0.210 e. The van der Waals surface area contributed by atoms with Gasteiger partial charge < -0.3 is 5.32 Å².